The number of phenolic OH excluding ortho intramolecular Hbond substituents is 2. The summed E-state index contributed by atoms with van der Waals surface area (Å²) >= 11 is 0. The van der Waals surface area contributed by atoms with Crippen molar-refractivity contribution in [2.75, 3.05) is 0 Å². The van der Waals surface area contributed by atoms with Crippen molar-refractivity contribution < 1.29 is 10.2 Å². The largest absolute Gasteiger partial charge is 0.508 e. The zero-order valence-electron chi connectivity index (χ0n) is 8.63. The molecule has 1 aromatic rings. The van der Waals surface area contributed by atoms with Crippen molar-refractivity contribution >= 4 is 5.71 Å². The van der Waals surface area contributed by atoms with Crippen LogP contribution in [0, 0.1) is 5.41 Å². The molecule has 1 rings (SSSR count). The summed E-state index contributed by atoms with van der Waals surface area (Å²) in [5.41, 5.74) is 1.53. The van der Waals surface area contributed by atoms with Gasteiger partial charge in [0.15, 0.2) is 0 Å². The van der Waals surface area contributed by atoms with Crippen molar-refractivity contribution in [3.63, 3.8) is 0 Å². The van der Waals surface area contributed by atoms with Crippen molar-refractivity contribution in [3.8, 4) is 11.5 Å². The average Bonchev–Trinajstić information content (AvgIpc) is 2.02. The van der Waals surface area contributed by atoms with Gasteiger partial charge in [-0.05, 0) is 24.5 Å². The monoisotopic (exact) mass is 193 g/mol. The van der Waals surface area contributed by atoms with E-state index in [1.807, 2.05) is 13.8 Å². The van der Waals surface area contributed by atoms with Gasteiger partial charge in [0.1, 0.15) is 11.5 Å². The molecule has 0 aromatic heterocycles. The average molecular weight is 193 g/mol. The molecular weight excluding hydrogens is 178 g/mol. The standard InChI is InChI=1S/C11H15NO2/c1-6(2)8-4-9(7(3)12)11(14)5-10(8)13/h4-6,12-14H,1-3H3. The van der Waals surface area contributed by atoms with E-state index in [0.29, 0.717) is 11.3 Å². The van der Waals surface area contributed by atoms with Gasteiger partial charge in [-0.25, -0.2) is 0 Å². The molecule has 14 heavy (non-hydrogen) atoms. The summed E-state index contributed by atoms with van der Waals surface area (Å²) in [7, 11) is 0. The number of hydrogen-bond donors (Lipinski definition) is 3. The van der Waals surface area contributed by atoms with E-state index in [1.54, 1.807) is 13.0 Å². The van der Waals surface area contributed by atoms with Gasteiger partial charge in [-0.1, -0.05) is 13.8 Å². The smallest absolute Gasteiger partial charge is 0.128 e. The van der Waals surface area contributed by atoms with Gasteiger partial charge in [0.05, 0.1) is 0 Å². The predicted molar refractivity (Wildman–Crippen MR) is 56.4 cm³/mol. The summed E-state index contributed by atoms with van der Waals surface area (Å²) in [5, 5.41) is 26.4. The van der Waals surface area contributed by atoms with E-state index in [2.05, 4.69) is 0 Å². The second kappa shape index (κ2) is 3.70. The maximum atomic E-state index is 9.54. The van der Waals surface area contributed by atoms with Crippen LogP contribution in [0.5, 0.6) is 11.5 Å². The molecule has 0 spiro atoms. The summed E-state index contributed by atoms with van der Waals surface area (Å²) in [5.74, 6) is 0.218. The van der Waals surface area contributed by atoms with E-state index in [-0.39, 0.29) is 17.4 Å². The molecule has 0 unspecified atom stereocenters. The van der Waals surface area contributed by atoms with Crippen LogP contribution in [-0.2, 0) is 0 Å². The van der Waals surface area contributed by atoms with Crippen LogP contribution in [0.25, 0.3) is 0 Å². The summed E-state index contributed by atoms with van der Waals surface area (Å²) < 4.78 is 0. The molecule has 0 aliphatic rings. The number of hydrogen-bond acceptors (Lipinski definition) is 3. The lowest BCUT2D eigenvalue weighted by atomic mass is 9.97. The molecule has 1 aromatic carbocycles. The molecular formula is C11H15NO2. The quantitative estimate of drug-likeness (QED) is 0.632. The molecule has 3 N–H and O–H groups in total. The molecule has 3 nitrogen and oxygen atoms in total. The number of aromatic hydroxyl groups is 2. The minimum absolute atomic E-state index is 0.0422. The Bertz CT molecular complexity index is 370. The minimum Gasteiger partial charge on any atom is -0.508 e. The first-order valence-electron chi connectivity index (χ1n) is 4.55. The van der Waals surface area contributed by atoms with Gasteiger partial charge < -0.3 is 15.6 Å². The van der Waals surface area contributed by atoms with Crippen molar-refractivity contribution in [2.45, 2.75) is 26.7 Å². The maximum Gasteiger partial charge on any atom is 0.128 e. The van der Waals surface area contributed by atoms with Gasteiger partial charge in [-0.3, -0.25) is 0 Å². The Morgan fingerprint density at radius 2 is 1.79 bits per heavy atom. The van der Waals surface area contributed by atoms with E-state index >= 15 is 0 Å². The topological polar surface area (TPSA) is 64.3 Å². The van der Waals surface area contributed by atoms with Crippen LogP contribution < -0.4 is 0 Å². The van der Waals surface area contributed by atoms with Crippen LogP contribution >= 0.6 is 0 Å². The van der Waals surface area contributed by atoms with Gasteiger partial charge in [0.25, 0.3) is 0 Å². The first kappa shape index (κ1) is 10.6. The van der Waals surface area contributed by atoms with Crippen LogP contribution in [0.2, 0.25) is 0 Å². The minimum atomic E-state index is -0.0422. The Morgan fingerprint density at radius 1 is 1.21 bits per heavy atom. The first-order valence-corrected chi connectivity index (χ1v) is 4.55. The molecule has 0 bridgehead atoms. The van der Waals surface area contributed by atoms with Crippen LogP contribution in [0.1, 0.15) is 37.8 Å². The zero-order chi connectivity index (χ0) is 10.9. The van der Waals surface area contributed by atoms with Gasteiger partial charge >= 0.3 is 0 Å². The second-order valence-electron chi connectivity index (χ2n) is 3.71. The third-order valence-corrected chi connectivity index (χ3v) is 2.17. The summed E-state index contributed by atoms with van der Waals surface area (Å²) in [6, 6.07) is 2.96. The molecule has 0 amide bonds. The Hall–Kier alpha value is -1.51. The first-order chi connectivity index (χ1) is 6.43. The molecule has 0 aliphatic carbocycles. The molecule has 0 saturated carbocycles. The predicted octanol–water partition coefficient (Wildman–Crippen LogP) is 2.61. The maximum absolute atomic E-state index is 9.54. The molecule has 0 aliphatic heterocycles. The molecule has 0 saturated heterocycles. The van der Waals surface area contributed by atoms with Crippen molar-refractivity contribution in [3.05, 3.63) is 23.3 Å². The lowest BCUT2D eigenvalue weighted by Crippen LogP contribution is -1.97. The van der Waals surface area contributed by atoms with Gasteiger partial charge in [0.2, 0.25) is 0 Å². The van der Waals surface area contributed by atoms with E-state index < -0.39 is 0 Å². The Morgan fingerprint density at radius 3 is 2.21 bits per heavy atom. The molecule has 0 radical (unpaired) electrons. The highest BCUT2D eigenvalue weighted by molar-refractivity contribution is 5.99. The number of nitrogens with one attached hydrogen (secondary N) is 1. The van der Waals surface area contributed by atoms with Gasteiger partial charge in [-0.15, -0.1) is 0 Å². The lowest BCUT2D eigenvalue weighted by molar-refractivity contribution is 0.443. The summed E-state index contributed by atoms with van der Waals surface area (Å²) in [6.45, 7) is 5.51. The van der Waals surface area contributed by atoms with Crippen LogP contribution in [0.4, 0.5) is 0 Å². The van der Waals surface area contributed by atoms with E-state index in [1.165, 1.54) is 6.07 Å². The van der Waals surface area contributed by atoms with Crippen LogP contribution in [0.15, 0.2) is 12.1 Å². The Kier molecular flexibility index (Phi) is 2.79. The third kappa shape index (κ3) is 1.87. The van der Waals surface area contributed by atoms with Crippen molar-refractivity contribution in [2.24, 2.45) is 0 Å². The SMILES string of the molecule is CC(=N)c1cc(C(C)C)c(O)cc1O. The molecule has 0 fully saturated rings. The Labute approximate surface area is 83.5 Å². The van der Waals surface area contributed by atoms with Crippen LogP contribution in [0.3, 0.4) is 0 Å². The molecule has 0 heterocycles. The van der Waals surface area contributed by atoms with Gasteiger partial charge in [-0.2, -0.15) is 0 Å². The highest BCUT2D eigenvalue weighted by Gasteiger charge is 2.12. The van der Waals surface area contributed by atoms with Crippen molar-refractivity contribution in [1.29, 1.82) is 5.41 Å². The Balaban J connectivity index is 3.34. The number of rotatable bonds is 2. The zero-order valence-corrected chi connectivity index (χ0v) is 8.63. The highest BCUT2D eigenvalue weighted by Crippen LogP contribution is 2.32. The third-order valence-electron chi connectivity index (χ3n) is 2.17. The summed E-state index contributed by atoms with van der Waals surface area (Å²) in [6.07, 6.45) is 0. The number of phenols is 2. The fourth-order valence-electron chi connectivity index (χ4n) is 1.36. The lowest BCUT2D eigenvalue weighted by Gasteiger charge is -2.11. The normalized spacial score (nSPS) is 10.6. The van der Waals surface area contributed by atoms with Crippen LogP contribution in [-0.4, -0.2) is 15.9 Å². The number of benzene rings is 1. The van der Waals surface area contributed by atoms with E-state index in [9.17, 15) is 10.2 Å². The second-order valence-corrected chi connectivity index (χ2v) is 3.71. The van der Waals surface area contributed by atoms with Gasteiger partial charge in [0, 0.05) is 17.3 Å². The summed E-state index contributed by atoms with van der Waals surface area (Å²) in [4.78, 5) is 0. The van der Waals surface area contributed by atoms with E-state index in [4.69, 9.17) is 5.41 Å². The van der Waals surface area contributed by atoms with Crippen molar-refractivity contribution in [1.82, 2.24) is 0 Å². The van der Waals surface area contributed by atoms with E-state index in [0.717, 1.165) is 5.56 Å². The molecule has 0 atom stereocenters. The molecule has 76 valence electrons. The highest BCUT2D eigenvalue weighted by atomic mass is 16.3. The molecule has 3 heteroatoms. The fourth-order valence-corrected chi connectivity index (χ4v) is 1.36. The fraction of sp³-hybridized carbons (Fsp3) is 0.364.